The molecule has 0 heterocycles. The van der Waals surface area contributed by atoms with E-state index in [0.29, 0.717) is 22.1 Å². The van der Waals surface area contributed by atoms with Gasteiger partial charge in [0, 0.05) is 23.0 Å². The van der Waals surface area contributed by atoms with E-state index in [4.69, 9.17) is 29.6 Å². The second-order valence-electron chi connectivity index (χ2n) is 3.52. The van der Waals surface area contributed by atoms with Crippen LogP contribution in [0.2, 0.25) is 5.02 Å². The number of carbonyl (C=O) groups excluding carboxylic acids is 1. The van der Waals surface area contributed by atoms with Crippen LogP contribution in [-0.4, -0.2) is 17.4 Å². The predicted octanol–water partition coefficient (Wildman–Crippen LogP) is 1.99. The highest BCUT2D eigenvalue weighted by atomic mass is 35.5. The summed E-state index contributed by atoms with van der Waals surface area (Å²) in [6.45, 7) is 2.31. The van der Waals surface area contributed by atoms with Crippen molar-refractivity contribution >= 4 is 34.7 Å². The van der Waals surface area contributed by atoms with Gasteiger partial charge < -0.3 is 11.1 Å². The number of nitrogens with two attached hydrogens (primary N) is 1. The van der Waals surface area contributed by atoms with E-state index in [9.17, 15) is 4.79 Å². The minimum Gasteiger partial charge on any atom is -0.393 e. The Morgan fingerprint density at radius 1 is 1.50 bits per heavy atom. The smallest absolute Gasteiger partial charge is 0.251 e. The number of carbonyl (C=O) groups is 1. The van der Waals surface area contributed by atoms with Crippen molar-refractivity contribution in [3.8, 4) is 0 Å². The number of rotatable bonds is 4. The lowest BCUT2D eigenvalue weighted by Gasteiger charge is -2.10. The molecular weight excluding hydrogens is 244 g/mol. The van der Waals surface area contributed by atoms with Crippen LogP contribution in [0.3, 0.4) is 0 Å². The normalized spacial score (nSPS) is 11.9. The SMILES string of the molecule is CC(CNC(=O)c1ccc(Cl)cc1)C(N)=S. The Labute approximate surface area is 105 Å². The fourth-order valence-electron chi connectivity index (χ4n) is 1.05. The first-order valence-corrected chi connectivity index (χ1v) is 5.62. The van der Waals surface area contributed by atoms with Crippen LogP contribution in [0.4, 0.5) is 0 Å². The summed E-state index contributed by atoms with van der Waals surface area (Å²) in [5, 5.41) is 3.35. The summed E-state index contributed by atoms with van der Waals surface area (Å²) in [6, 6.07) is 6.69. The molecule has 86 valence electrons. The van der Waals surface area contributed by atoms with Gasteiger partial charge in [-0.05, 0) is 24.3 Å². The van der Waals surface area contributed by atoms with Crippen molar-refractivity contribution in [3.63, 3.8) is 0 Å². The summed E-state index contributed by atoms with van der Waals surface area (Å²) in [5.41, 5.74) is 6.01. The monoisotopic (exact) mass is 256 g/mol. The lowest BCUT2D eigenvalue weighted by molar-refractivity contribution is 0.0951. The van der Waals surface area contributed by atoms with Crippen LogP contribution in [-0.2, 0) is 0 Å². The van der Waals surface area contributed by atoms with Crippen LogP contribution in [0.1, 0.15) is 17.3 Å². The second kappa shape index (κ2) is 5.82. The van der Waals surface area contributed by atoms with E-state index in [1.807, 2.05) is 6.92 Å². The molecule has 1 rings (SSSR count). The van der Waals surface area contributed by atoms with Crippen molar-refractivity contribution in [1.29, 1.82) is 0 Å². The molecule has 1 unspecified atom stereocenters. The number of hydrogen-bond donors (Lipinski definition) is 2. The quantitative estimate of drug-likeness (QED) is 0.810. The van der Waals surface area contributed by atoms with E-state index >= 15 is 0 Å². The van der Waals surface area contributed by atoms with Crippen LogP contribution < -0.4 is 11.1 Å². The first-order chi connectivity index (χ1) is 7.50. The van der Waals surface area contributed by atoms with Crippen LogP contribution in [0, 0.1) is 5.92 Å². The van der Waals surface area contributed by atoms with Gasteiger partial charge in [0.25, 0.3) is 5.91 Å². The highest BCUT2D eigenvalue weighted by Gasteiger charge is 2.09. The average molecular weight is 257 g/mol. The van der Waals surface area contributed by atoms with E-state index in [1.165, 1.54) is 0 Å². The maximum absolute atomic E-state index is 11.6. The summed E-state index contributed by atoms with van der Waals surface area (Å²) in [7, 11) is 0. The third-order valence-corrected chi connectivity index (χ3v) is 2.82. The molecule has 0 radical (unpaired) electrons. The van der Waals surface area contributed by atoms with Gasteiger partial charge in [0.2, 0.25) is 0 Å². The summed E-state index contributed by atoms with van der Waals surface area (Å²) in [4.78, 5) is 12.0. The van der Waals surface area contributed by atoms with Crippen LogP contribution >= 0.6 is 23.8 Å². The highest BCUT2D eigenvalue weighted by Crippen LogP contribution is 2.09. The van der Waals surface area contributed by atoms with Gasteiger partial charge in [-0.2, -0.15) is 0 Å². The Bertz CT molecular complexity index is 391. The molecule has 3 nitrogen and oxygen atoms in total. The average Bonchev–Trinajstić information content (AvgIpc) is 2.26. The van der Waals surface area contributed by atoms with Crippen molar-refractivity contribution in [2.24, 2.45) is 11.7 Å². The van der Waals surface area contributed by atoms with Gasteiger partial charge in [-0.15, -0.1) is 0 Å². The Kier molecular flexibility index (Phi) is 4.71. The number of nitrogens with one attached hydrogen (secondary N) is 1. The molecule has 0 aliphatic carbocycles. The van der Waals surface area contributed by atoms with Gasteiger partial charge >= 0.3 is 0 Å². The Hall–Kier alpha value is -1.13. The summed E-state index contributed by atoms with van der Waals surface area (Å²) < 4.78 is 0. The number of benzene rings is 1. The molecule has 1 aromatic carbocycles. The number of halogens is 1. The lowest BCUT2D eigenvalue weighted by Crippen LogP contribution is -2.33. The first-order valence-electron chi connectivity index (χ1n) is 4.84. The van der Waals surface area contributed by atoms with Crippen molar-refractivity contribution in [2.75, 3.05) is 6.54 Å². The molecule has 1 amide bonds. The topological polar surface area (TPSA) is 55.1 Å². The summed E-state index contributed by atoms with van der Waals surface area (Å²) in [6.07, 6.45) is 0. The summed E-state index contributed by atoms with van der Waals surface area (Å²) in [5.74, 6) is -0.161. The lowest BCUT2D eigenvalue weighted by atomic mass is 10.1. The fourth-order valence-corrected chi connectivity index (χ4v) is 1.26. The van der Waals surface area contributed by atoms with E-state index < -0.39 is 0 Å². The van der Waals surface area contributed by atoms with Crippen molar-refractivity contribution in [3.05, 3.63) is 34.9 Å². The standard InChI is InChI=1S/C11H13ClN2OS/c1-7(10(13)16)6-14-11(15)8-2-4-9(12)5-3-8/h2-5,7H,6H2,1H3,(H2,13,16)(H,14,15). The Balaban J connectivity index is 2.53. The molecule has 16 heavy (non-hydrogen) atoms. The van der Waals surface area contributed by atoms with E-state index in [0.717, 1.165) is 0 Å². The zero-order chi connectivity index (χ0) is 12.1. The maximum Gasteiger partial charge on any atom is 0.251 e. The zero-order valence-corrected chi connectivity index (χ0v) is 10.4. The van der Waals surface area contributed by atoms with Gasteiger partial charge in [-0.1, -0.05) is 30.7 Å². The molecule has 1 aromatic rings. The zero-order valence-electron chi connectivity index (χ0n) is 8.87. The maximum atomic E-state index is 11.6. The molecule has 1 atom stereocenters. The van der Waals surface area contributed by atoms with Crippen LogP contribution in [0.15, 0.2) is 24.3 Å². The van der Waals surface area contributed by atoms with E-state index in [2.05, 4.69) is 5.32 Å². The predicted molar refractivity (Wildman–Crippen MR) is 69.7 cm³/mol. The van der Waals surface area contributed by atoms with Crippen molar-refractivity contribution < 1.29 is 4.79 Å². The van der Waals surface area contributed by atoms with Crippen molar-refractivity contribution in [2.45, 2.75) is 6.92 Å². The van der Waals surface area contributed by atoms with Gasteiger partial charge in [-0.3, -0.25) is 4.79 Å². The van der Waals surface area contributed by atoms with Gasteiger partial charge in [-0.25, -0.2) is 0 Å². The number of amides is 1. The number of hydrogen-bond acceptors (Lipinski definition) is 2. The molecule has 0 fully saturated rings. The van der Waals surface area contributed by atoms with Gasteiger partial charge in [0.05, 0.1) is 4.99 Å². The molecule has 0 bridgehead atoms. The van der Waals surface area contributed by atoms with Crippen molar-refractivity contribution in [1.82, 2.24) is 5.32 Å². The third kappa shape index (κ3) is 3.79. The molecule has 5 heteroatoms. The van der Waals surface area contributed by atoms with E-state index in [1.54, 1.807) is 24.3 Å². The third-order valence-electron chi connectivity index (χ3n) is 2.16. The number of thiocarbonyl (C=S) groups is 1. The van der Waals surface area contributed by atoms with E-state index in [-0.39, 0.29) is 11.8 Å². The van der Waals surface area contributed by atoms with Crippen LogP contribution in [0.5, 0.6) is 0 Å². The molecule has 0 saturated carbocycles. The Morgan fingerprint density at radius 3 is 2.56 bits per heavy atom. The molecule has 0 aliphatic heterocycles. The minimum atomic E-state index is -0.153. The highest BCUT2D eigenvalue weighted by molar-refractivity contribution is 7.80. The Morgan fingerprint density at radius 2 is 2.06 bits per heavy atom. The summed E-state index contributed by atoms with van der Waals surface area (Å²) >= 11 is 10.5. The largest absolute Gasteiger partial charge is 0.393 e. The van der Waals surface area contributed by atoms with Gasteiger partial charge in [0.1, 0.15) is 0 Å². The molecule has 0 spiro atoms. The minimum absolute atomic E-state index is 0.00810. The second-order valence-corrected chi connectivity index (χ2v) is 4.43. The molecule has 0 saturated heterocycles. The molecule has 0 aromatic heterocycles. The van der Waals surface area contributed by atoms with Crippen LogP contribution in [0.25, 0.3) is 0 Å². The van der Waals surface area contributed by atoms with Gasteiger partial charge in [0.15, 0.2) is 0 Å². The molecular formula is C11H13ClN2OS. The fraction of sp³-hybridized carbons (Fsp3) is 0.273. The first kappa shape index (κ1) is 12.9. The molecule has 3 N–H and O–H groups in total. The molecule has 0 aliphatic rings.